The summed E-state index contributed by atoms with van der Waals surface area (Å²) in [6.45, 7) is 37.0. The molecule has 36 atom stereocenters. The molecule has 16 aliphatic rings. The van der Waals surface area contributed by atoms with Crippen molar-refractivity contribution >= 4 is 28.8 Å². The molecule has 22 nitrogen and oxygen atoms in total. The number of hydrogen-bond acceptors (Lipinski definition) is 17. The van der Waals surface area contributed by atoms with E-state index in [4.69, 9.17) is 6.57 Å². The van der Waals surface area contributed by atoms with E-state index in [1.807, 2.05) is 34.6 Å². The average Bonchev–Trinajstić information content (AvgIpc) is 1.54. The molecule has 0 amide bonds. The van der Waals surface area contributed by atoms with Gasteiger partial charge in [-0.2, -0.15) is 19.1 Å². The van der Waals surface area contributed by atoms with Crippen LogP contribution in [0.5, 0.6) is 0 Å². The minimum atomic E-state index is -0.791. The molecule has 0 unspecified atom stereocenters. The number of aromatic nitrogens is 13. The molecule has 4 aromatic heterocycles. The predicted octanol–water partition coefficient (Wildman–Crippen LogP) is 19.4. The van der Waals surface area contributed by atoms with Crippen LogP contribution in [-0.4, -0.2) is 131 Å². The van der Waals surface area contributed by atoms with Crippen LogP contribution in [-0.2, 0) is 45.4 Å². The molecule has 0 radical (unpaired) electrons. The Morgan fingerprint density at radius 3 is 1.02 bits per heavy atom. The maximum atomic E-state index is 13.7. The monoisotopic (exact) mass is 1720 g/mol. The molecule has 20 rings (SSSR count). The number of carbonyl (C=O) groups is 4. The third kappa shape index (κ3) is 17.8. The summed E-state index contributed by atoms with van der Waals surface area (Å²) in [5, 5.41) is 77.9. The van der Waals surface area contributed by atoms with Gasteiger partial charge in [-0.3, -0.25) is 23.9 Å². The van der Waals surface area contributed by atoms with Crippen LogP contribution >= 0.6 is 0 Å². The van der Waals surface area contributed by atoms with Crippen molar-refractivity contribution in [2.75, 3.05) is 0 Å². The summed E-state index contributed by atoms with van der Waals surface area (Å²) in [6.07, 6.45) is 42.4. The summed E-state index contributed by atoms with van der Waals surface area (Å²) >= 11 is 0. The van der Waals surface area contributed by atoms with Crippen LogP contribution < -0.4 is 0 Å². The summed E-state index contributed by atoms with van der Waals surface area (Å²) in [6, 6.07) is 0. The van der Waals surface area contributed by atoms with Gasteiger partial charge in [-0.15, -0.1) is 25.5 Å². The Hall–Kier alpha value is -5.57. The quantitative estimate of drug-likeness (QED) is 0.0959. The zero-order valence-corrected chi connectivity index (χ0v) is 75.0. The number of nitrogens with zero attached hydrogens (tertiary/aromatic N) is 14. The number of carbonyl (C=O) groups excluding carboxylic acids is 4. The molecule has 16 aliphatic carbocycles. The number of tetrazole rings is 2. The van der Waals surface area contributed by atoms with Crippen LogP contribution in [0.4, 0.5) is 10.1 Å². The van der Waals surface area contributed by atoms with Gasteiger partial charge in [0.2, 0.25) is 5.95 Å². The largest absolute Gasteiger partial charge is 0.390 e. The maximum Gasteiger partial charge on any atom is 0.259 e. The van der Waals surface area contributed by atoms with E-state index < -0.39 is 28.4 Å². The number of hydrogen-bond donors (Lipinski definition) is 4. The van der Waals surface area contributed by atoms with Gasteiger partial charge in [-0.1, -0.05) is 90.3 Å². The van der Waals surface area contributed by atoms with Gasteiger partial charge >= 0.3 is 0 Å². The molecular weight excluding hydrogens is 1560 g/mol. The standard InChI is InChI=1S/C26H36FN3O2.C24H38N4O2.C24H37N3O2.C23H36N4O2.4CH4/c1-15-11-20(22(31)14-30-13-21(28-4)24(27)29-30)26(3)10-8-18-17-7-9-25(2,32)12-16(17)5-6-19(18)23(15)26;1-14-11-20(21(29)13-28-26-15(2)25-27-28)24(4)10-8-18-17-7-9-23(3,30)12-16(17)5-6-19(18)22(14)24;1-15-12-20(21(28)14-27-11-10-25-26-27)24(3)9-7-18-17-6-8-23(2,29)13-16(17)4-5-19(18)22(15)24;1-14-10-19(20(28)12-27-25-13-24-26-27)23(3)9-7-17-16-6-8-22(2,29)11-15(16)4-5-18(17)21(14)23;;;;/h13,15-20,23,32H,5-12,14H2,1-3H3;14,16-20,22,30H,5-13H2,1-4H3;10-11,15-20,22,29H,4-9,12-14H2,1-3H3;13-19,21,29H,4-12H2,1-3H3;4*1H4/t15-,16-,17+,18-,19-,20-,23+,25-,26-;14-,16-,17+,18-,19-,20-,22+,23-,24-;15-,16-,17+,18-,19-,20-,22+,23-,24-;14-,15-,16+,17-,18-,19-,21+,22-,23-;;;;/m1111..../s1. The van der Waals surface area contributed by atoms with Gasteiger partial charge in [0.1, 0.15) is 19.6 Å². The van der Waals surface area contributed by atoms with E-state index in [1.54, 1.807) is 17.1 Å². The zero-order valence-electron chi connectivity index (χ0n) is 75.0. The first-order valence-electron chi connectivity index (χ1n) is 48.3. The van der Waals surface area contributed by atoms with E-state index in [-0.39, 0.29) is 106 Å². The first-order chi connectivity index (χ1) is 56.9. The minimum Gasteiger partial charge on any atom is -0.390 e. The van der Waals surface area contributed by atoms with Crippen LogP contribution in [0.25, 0.3) is 4.85 Å². The Balaban J connectivity index is 0.000000141. The van der Waals surface area contributed by atoms with Gasteiger partial charge < -0.3 is 20.4 Å². The first kappa shape index (κ1) is 96.0. The predicted molar refractivity (Wildman–Crippen MR) is 479 cm³/mol. The Labute approximate surface area is 743 Å². The minimum absolute atomic E-state index is 0. The van der Waals surface area contributed by atoms with Crippen molar-refractivity contribution in [2.45, 2.75) is 374 Å². The van der Waals surface area contributed by atoms with Gasteiger partial charge in [-0.05, 0) is 414 Å². The number of aliphatic hydroxyl groups is 4. The lowest BCUT2D eigenvalue weighted by atomic mass is 9.48. The van der Waals surface area contributed by atoms with Gasteiger partial charge in [-0.25, -0.2) is 9.53 Å². The van der Waals surface area contributed by atoms with Gasteiger partial charge in [0, 0.05) is 36.1 Å². The number of Topliss-reactive ketones (excluding diaryl/α,β-unsaturated/α-hetero) is 4. The van der Waals surface area contributed by atoms with Crippen molar-refractivity contribution in [1.82, 2.24) is 65.2 Å². The number of ketones is 4. The third-order valence-electron chi connectivity index (χ3n) is 39.2. The van der Waals surface area contributed by atoms with E-state index >= 15 is 0 Å². The molecule has 16 saturated carbocycles. The summed E-state index contributed by atoms with van der Waals surface area (Å²) in [4.78, 5) is 59.3. The zero-order chi connectivity index (χ0) is 84.9. The summed E-state index contributed by atoms with van der Waals surface area (Å²) in [5.74, 6) is 18.2. The molecule has 0 aliphatic heterocycles. The molecule has 4 aromatic rings. The van der Waals surface area contributed by atoms with Crippen molar-refractivity contribution in [3.05, 3.63) is 48.1 Å². The van der Waals surface area contributed by atoms with Crippen molar-refractivity contribution in [1.29, 1.82) is 0 Å². The maximum absolute atomic E-state index is 13.7. The Kier molecular flexibility index (Phi) is 28.1. The smallest absolute Gasteiger partial charge is 0.259 e. The van der Waals surface area contributed by atoms with Crippen LogP contribution in [0.3, 0.4) is 0 Å². The van der Waals surface area contributed by atoms with E-state index in [0.29, 0.717) is 107 Å². The second kappa shape index (κ2) is 36.3. The fourth-order valence-electron chi connectivity index (χ4n) is 35.0. The molecule has 124 heavy (non-hydrogen) atoms. The summed E-state index contributed by atoms with van der Waals surface area (Å²) in [5.41, 5.74) is -1.60. The van der Waals surface area contributed by atoms with E-state index in [0.717, 1.165) is 155 Å². The number of fused-ring (bicyclic) bond motifs is 20. The molecule has 0 aromatic carbocycles. The lowest BCUT2D eigenvalue weighted by Gasteiger charge is -2.57. The van der Waals surface area contributed by atoms with Crippen molar-refractivity contribution in [2.24, 2.45) is 187 Å². The van der Waals surface area contributed by atoms with E-state index in [9.17, 15) is 44.0 Å². The van der Waals surface area contributed by atoms with Gasteiger partial charge in [0.15, 0.2) is 35.3 Å². The Bertz CT molecular complexity index is 4250. The van der Waals surface area contributed by atoms with Crippen LogP contribution in [0.1, 0.15) is 324 Å². The molecule has 0 saturated heterocycles. The van der Waals surface area contributed by atoms with Crippen molar-refractivity contribution in [3.63, 3.8) is 0 Å². The lowest BCUT2D eigenvalue weighted by Crippen LogP contribution is -2.51. The lowest BCUT2D eigenvalue weighted by molar-refractivity contribution is -0.134. The van der Waals surface area contributed by atoms with Crippen molar-refractivity contribution in [3.8, 4) is 0 Å². The first-order valence-corrected chi connectivity index (χ1v) is 48.3. The average molecular weight is 1720 g/mol. The molecule has 692 valence electrons. The molecule has 16 fully saturated rings. The van der Waals surface area contributed by atoms with Crippen LogP contribution in [0.15, 0.2) is 24.9 Å². The normalized spacial score (nSPS) is 46.3. The number of halogens is 1. The fraction of sp³-hybridized carbons (Fsp3) is 0.881. The topological polar surface area (TPSA) is 289 Å². The van der Waals surface area contributed by atoms with E-state index in [1.165, 1.54) is 142 Å². The van der Waals surface area contributed by atoms with Gasteiger partial charge in [0.05, 0.1) is 41.7 Å². The number of rotatable bonds is 12. The second-order valence-electron chi connectivity index (χ2n) is 46.5. The summed E-state index contributed by atoms with van der Waals surface area (Å²) in [7, 11) is 0. The van der Waals surface area contributed by atoms with Crippen molar-refractivity contribution < 1.29 is 44.0 Å². The Morgan fingerprint density at radius 1 is 0.411 bits per heavy atom. The highest BCUT2D eigenvalue weighted by Crippen LogP contribution is 2.72. The molecule has 0 spiro atoms. The Morgan fingerprint density at radius 2 is 0.734 bits per heavy atom. The van der Waals surface area contributed by atoms with Gasteiger partial charge in [0.25, 0.3) is 5.69 Å². The highest BCUT2D eigenvalue weighted by molar-refractivity contribution is 5.84. The second-order valence-corrected chi connectivity index (χ2v) is 46.5. The highest BCUT2D eigenvalue weighted by atomic mass is 19.1. The van der Waals surface area contributed by atoms with E-state index in [2.05, 4.69) is 106 Å². The number of aryl methyl sites for hydroxylation is 1. The molecule has 4 heterocycles. The molecule has 23 heteroatoms. The fourth-order valence-corrected chi connectivity index (χ4v) is 35.0. The molecule has 0 bridgehead atoms. The summed E-state index contributed by atoms with van der Waals surface area (Å²) < 4.78 is 16.7. The third-order valence-corrected chi connectivity index (χ3v) is 39.2. The van der Waals surface area contributed by atoms with Crippen LogP contribution in [0, 0.1) is 207 Å². The molecule has 4 N–H and O–H groups in total. The SMILES string of the molecule is C.C.C.C.C[C@@H]1C[C@H](C(=O)Cn2ccnn2)[C@@]2(C)CC[C@H]3[C@@H](CC[C@@H]4C[C@](C)(O)CC[C@@H]43)[C@H]12.C[C@@H]1C[C@H](C(=O)Cn2ncnn2)[C@@]2(C)CC[C@H]3[C@@H](CC[C@@H]4C[C@](C)(O)CC[C@@H]43)[C@H]12.Cc1nnn(CC(=O)[C@H]2C[C@@H](C)[C@H]3[C@@H]4CC[C@@H]5C[C@](C)(O)CC[C@@H]5[C@H]4CC[C@@]32C)n1.[C-]#[N+]c1cn(CC(=O)[C@H]2C[C@@H](C)[C@H]3[C@@H]4CC[C@@H]5C[C@](C)(O)CC[C@@H]5[C@H]4CC[C@@]32C)nc1F. The highest BCUT2D eigenvalue weighted by Gasteiger charge is 2.67. The van der Waals surface area contributed by atoms with Crippen LogP contribution in [0.2, 0.25) is 0 Å². The molecular formula is C101H163FN14O8.